The zero-order valence-corrected chi connectivity index (χ0v) is 19.2. The SMILES string of the molecule is CC1=C2C3=C(CCc4ccccc43)C(C)=[N+]2[B-](F)(F)n2c(C)c3c(c21)-c1ccccc1CC3. The lowest BCUT2D eigenvalue weighted by Crippen LogP contribution is -2.51. The Morgan fingerprint density at radius 2 is 1.45 bits per heavy atom. The predicted molar refractivity (Wildman–Crippen MR) is 131 cm³/mol. The Hall–Kier alpha value is -3.21. The monoisotopic (exact) mass is 438 g/mol. The quantitative estimate of drug-likeness (QED) is 0.358. The van der Waals surface area contributed by atoms with Crippen LogP contribution in [-0.2, 0) is 19.3 Å². The average Bonchev–Trinajstić information content (AvgIpc) is 3.31. The summed E-state index contributed by atoms with van der Waals surface area (Å²) in [6.45, 7) is 1.83. The Morgan fingerprint density at radius 1 is 0.818 bits per heavy atom. The Kier molecular flexibility index (Phi) is 3.64. The van der Waals surface area contributed by atoms with Crippen molar-refractivity contribution in [1.29, 1.82) is 0 Å². The summed E-state index contributed by atoms with van der Waals surface area (Å²) in [5.74, 6) is 0. The standard InChI is InChI=1S/C28H25BF2N2/c1-16-27-25-21(14-12-19-8-4-6-10-23(19)25)17(2)32(27)29(30,31)33-18(3)22-15-13-20-9-5-7-11-24(20)26(22)28(16)33/h4-11H,12-15H2,1-3H3. The Labute approximate surface area is 192 Å². The molecule has 3 aromatic rings. The highest BCUT2D eigenvalue weighted by Gasteiger charge is 2.57. The molecule has 0 saturated heterocycles. The summed E-state index contributed by atoms with van der Waals surface area (Å²) in [5, 5.41) is 0. The Bertz CT molecular complexity index is 1520. The lowest BCUT2D eigenvalue weighted by atomic mass is 9.80. The van der Waals surface area contributed by atoms with Crippen LogP contribution in [0.1, 0.15) is 53.9 Å². The van der Waals surface area contributed by atoms with E-state index in [1.807, 2.05) is 26.0 Å². The molecule has 4 aliphatic rings. The first-order chi connectivity index (χ1) is 15.9. The van der Waals surface area contributed by atoms with Crippen LogP contribution in [0.15, 0.2) is 59.8 Å². The van der Waals surface area contributed by atoms with Crippen LogP contribution in [0.4, 0.5) is 8.63 Å². The molecule has 2 aliphatic heterocycles. The molecule has 5 heteroatoms. The molecule has 0 fully saturated rings. The van der Waals surface area contributed by atoms with Crippen LogP contribution in [0, 0.1) is 6.92 Å². The highest BCUT2D eigenvalue weighted by atomic mass is 19.2. The van der Waals surface area contributed by atoms with E-state index < -0.39 is 6.97 Å². The molecule has 0 radical (unpaired) electrons. The molecule has 0 N–H and O–H groups in total. The Morgan fingerprint density at radius 3 is 2.21 bits per heavy atom. The molecule has 1 aromatic heterocycles. The van der Waals surface area contributed by atoms with Crippen LogP contribution in [-0.4, -0.2) is 21.6 Å². The summed E-state index contributed by atoms with van der Waals surface area (Å²) in [6, 6.07) is 16.7. The number of nitrogens with zero attached hydrogens (tertiary/aromatic N) is 2. The second-order valence-corrected chi connectivity index (χ2v) is 9.84. The summed E-state index contributed by atoms with van der Waals surface area (Å²) < 4.78 is 35.9. The molecule has 2 aromatic carbocycles. The van der Waals surface area contributed by atoms with E-state index in [0.29, 0.717) is 0 Å². The fraction of sp³-hybridized carbons (Fsp3) is 0.250. The lowest BCUT2D eigenvalue weighted by molar-refractivity contribution is -0.360. The van der Waals surface area contributed by atoms with Gasteiger partial charge in [-0.2, -0.15) is 0 Å². The fourth-order valence-electron chi connectivity index (χ4n) is 6.93. The summed E-state index contributed by atoms with van der Waals surface area (Å²) in [5.41, 5.74) is 12.8. The number of hydrogen-bond acceptors (Lipinski definition) is 0. The van der Waals surface area contributed by atoms with E-state index in [0.717, 1.165) is 87.5 Å². The van der Waals surface area contributed by atoms with Gasteiger partial charge in [-0.25, -0.2) is 0 Å². The smallest absolute Gasteiger partial charge is 0.393 e. The molecule has 2 aliphatic carbocycles. The van der Waals surface area contributed by atoms with E-state index in [4.69, 9.17) is 0 Å². The van der Waals surface area contributed by atoms with Crippen molar-refractivity contribution in [2.45, 2.75) is 46.5 Å². The van der Waals surface area contributed by atoms with Gasteiger partial charge < -0.3 is 17.6 Å². The molecule has 2 nitrogen and oxygen atoms in total. The number of fused-ring (bicyclic) bond motifs is 9. The third kappa shape index (κ3) is 2.21. The Balaban J connectivity index is 1.61. The second-order valence-electron chi connectivity index (χ2n) is 9.84. The van der Waals surface area contributed by atoms with E-state index >= 15 is 8.63 Å². The van der Waals surface area contributed by atoms with E-state index in [1.165, 1.54) is 20.1 Å². The molecule has 0 saturated carbocycles. The lowest BCUT2D eigenvalue weighted by Gasteiger charge is -2.33. The third-order valence-electron chi connectivity index (χ3n) is 8.35. The van der Waals surface area contributed by atoms with Crippen molar-refractivity contribution in [3.05, 3.63) is 93.4 Å². The van der Waals surface area contributed by atoms with E-state index in [2.05, 4.69) is 43.3 Å². The van der Waals surface area contributed by atoms with Gasteiger partial charge in [0.1, 0.15) is 5.71 Å². The van der Waals surface area contributed by atoms with Gasteiger partial charge in [0.25, 0.3) is 0 Å². The molecule has 7 rings (SSSR count). The number of rotatable bonds is 0. The van der Waals surface area contributed by atoms with Gasteiger partial charge in [0.2, 0.25) is 0 Å². The van der Waals surface area contributed by atoms with Crippen LogP contribution in [0.25, 0.3) is 22.3 Å². The number of aryl methyl sites for hydroxylation is 2. The van der Waals surface area contributed by atoms with E-state index in [9.17, 15) is 0 Å². The van der Waals surface area contributed by atoms with Crippen molar-refractivity contribution in [3.8, 4) is 11.1 Å². The summed E-state index contributed by atoms with van der Waals surface area (Å²) in [4.78, 5) is 0. The van der Waals surface area contributed by atoms with Crippen molar-refractivity contribution in [3.63, 3.8) is 0 Å². The first kappa shape index (κ1) is 19.3. The molecule has 0 unspecified atom stereocenters. The van der Waals surface area contributed by atoms with Gasteiger partial charge in [-0.05, 0) is 73.0 Å². The number of allylic oxidation sites excluding steroid dienone is 3. The minimum atomic E-state index is -4.00. The van der Waals surface area contributed by atoms with Crippen LogP contribution < -0.4 is 0 Å². The maximum absolute atomic E-state index is 16.6. The van der Waals surface area contributed by atoms with Gasteiger partial charge >= 0.3 is 6.97 Å². The van der Waals surface area contributed by atoms with Crippen molar-refractivity contribution in [2.75, 3.05) is 0 Å². The number of halogens is 2. The summed E-state index contributed by atoms with van der Waals surface area (Å²) in [6.07, 6.45) is 3.43. The minimum Gasteiger partial charge on any atom is -0.393 e. The number of hydrogen-bond donors (Lipinski definition) is 0. The van der Waals surface area contributed by atoms with Gasteiger partial charge in [-0.3, -0.25) is 0 Å². The highest BCUT2D eigenvalue weighted by molar-refractivity contribution is 6.59. The van der Waals surface area contributed by atoms with E-state index in [-0.39, 0.29) is 0 Å². The molecule has 164 valence electrons. The maximum atomic E-state index is 16.6. The van der Waals surface area contributed by atoms with Crippen molar-refractivity contribution in [1.82, 2.24) is 4.48 Å². The maximum Gasteiger partial charge on any atom is 0.737 e. The number of aromatic nitrogens is 1. The van der Waals surface area contributed by atoms with Gasteiger partial charge in [0.05, 0.1) is 5.57 Å². The molecular formula is C28H25BF2N2. The zero-order valence-electron chi connectivity index (χ0n) is 19.2. The van der Waals surface area contributed by atoms with Crippen LogP contribution in [0.3, 0.4) is 0 Å². The van der Waals surface area contributed by atoms with Crippen molar-refractivity contribution >= 4 is 23.8 Å². The van der Waals surface area contributed by atoms with E-state index in [1.54, 1.807) is 0 Å². The molecule has 0 amide bonds. The fourth-order valence-corrected chi connectivity index (χ4v) is 6.93. The highest BCUT2D eigenvalue weighted by Crippen LogP contribution is 2.52. The van der Waals surface area contributed by atoms with Crippen LogP contribution in [0.2, 0.25) is 0 Å². The predicted octanol–water partition coefficient (Wildman–Crippen LogP) is 6.42. The third-order valence-corrected chi connectivity index (χ3v) is 8.35. The van der Waals surface area contributed by atoms with Gasteiger partial charge in [-0.1, -0.05) is 48.5 Å². The number of benzene rings is 2. The second kappa shape index (κ2) is 6.22. The normalized spacial score (nSPS) is 19.7. The van der Waals surface area contributed by atoms with Crippen LogP contribution >= 0.6 is 0 Å². The molecule has 0 bridgehead atoms. The molecule has 33 heavy (non-hydrogen) atoms. The summed E-state index contributed by atoms with van der Waals surface area (Å²) >= 11 is 0. The van der Waals surface area contributed by atoms with Crippen molar-refractivity contribution in [2.24, 2.45) is 0 Å². The van der Waals surface area contributed by atoms with Crippen molar-refractivity contribution < 1.29 is 13.1 Å². The largest absolute Gasteiger partial charge is 0.737 e. The molecule has 0 atom stereocenters. The van der Waals surface area contributed by atoms with Gasteiger partial charge in [0.15, 0.2) is 5.70 Å². The molecule has 3 heterocycles. The minimum absolute atomic E-state index is 0.718. The first-order valence-electron chi connectivity index (χ1n) is 11.9. The van der Waals surface area contributed by atoms with Gasteiger partial charge in [-0.15, -0.1) is 0 Å². The average molecular weight is 438 g/mol. The molecule has 0 spiro atoms. The van der Waals surface area contributed by atoms with Crippen LogP contribution in [0.5, 0.6) is 0 Å². The zero-order chi connectivity index (χ0) is 22.6. The van der Waals surface area contributed by atoms with Gasteiger partial charge in [0, 0.05) is 29.3 Å². The molecular weight excluding hydrogens is 413 g/mol. The topological polar surface area (TPSA) is 7.94 Å². The first-order valence-corrected chi connectivity index (χ1v) is 11.9. The summed E-state index contributed by atoms with van der Waals surface area (Å²) in [7, 11) is 0.